The summed E-state index contributed by atoms with van der Waals surface area (Å²) in [5, 5.41) is 15.3. The Balaban J connectivity index is 2.44. The number of carbonyl (C=O) groups is 2. The number of halogens is 2. The second kappa shape index (κ2) is 5.83. The van der Waals surface area contributed by atoms with Crippen LogP contribution in [0.25, 0.3) is 0 Å². The molecule has 1 heterocycles. The van der Waals surface area contributed by atoms with Crippen LogP contribution in [0.4, 0.5) is 5.69 Å². The molecule has 2 aromatic rings. The highest BCUT2D eigenvalue weighted by Crippen LogP contribution is 2.32. The minimum absolute atomic E-state index is 0.00210. The fourth-order valence-electron chi connectivity index (χ4n) is 1.66. The molecule has 1 aromatic carbocycles. The van der Waals surface area contributed by atoms with Crippen LogP contribution in [0.3, 0.4) is 0 Å². The van der Waals surface area contributed by atoms with Gasteiger partial charge in [-0.05, 0) is 30.0 Å². The molecule has 0 saturated heterocycles. The van der Waals surface area contributed by atoms with Gasteiger partial charge in [-0.15, -0.1) is 0 Å². The number of benzene rings is 1. The van der Waals surface area contributed by atoms with Gasteiger partial charge < -0.3 is 10.4 Å². The molecular weight excluding hydrogens is 321 g/mol. The van der Waals surface area contributed by atoms with Gasteiger partial charge in [0.05, 0.1) is 21.3 Å². The van der Waals surface area contributed by atoms with E-state index in [0.29, 0.717) is 5.56 Å². The summed E-state index contributed by atoms with van der Waals surface area (Å²) in [7, 11) is 0. The summed E-state index contributed by atoms with van der Waals surface area (Å²) in [6.07, 6.45) is 0. The van der Waals surface area contributed by atoms with E-state index in [1.54, 1.807) is 12.3 Å². The predicted molar refractivity (Wildman–Crippen MR) is 80.4 cm³/mol. The standard InChI is InChI=1S/C13H9Cl2NO3S/c1-6-4-20-5-7(6)12(17)16-11-9(15)3-2-8(14)10(11)13(18)19/h2-5H,1H3,(H,16,17)(H,18,19). The van der Waals surface area contributed by atoms with Gasteiger partial charge in [-0.25, -0.2) is 4.79 Å². The zero-order valence-electron chi connectivity index (χ0n) is 10.2. The van der Waals surface area contributed by atoms with E-state index in [4.69, 9.17) is 23.2 Å². The first-order chi connectivity index (χ1) is 9.41. The molecule has 0 unspecified atom stereocenters. The van der Waals surface area contributed by atoms with Crippen molar-refractivity contribution in [2.75, 3.05) is 5.32 Å². The molecule has 1 amide bonds. The summed E-state index contributed by atoms with van der Waals surface area (Å²) in [6, 6.07) is 2.81. The van der Waals surface area contributed by atoms with Crippen LogP contribution in [0.15, 0.2) is 22.9 Å². The Morgan fingerprint density at radius 2 is 1.85 bits per heavy atom. The molecule has 104 valence electrons. The monoisotopic (exact) mass is 329 g/mol. The van der Waals surface area contributed by atoms with E-state index in [-0.39, 0.29) is 21.3 Å². The van der Waals surface area contributed by atoms with Gasteiger partial charge in [0.2, 0.25) is 0 Å². The zero-order valence-corrected chi connectivity index (χ0v) is 12.6. The topological polar surface area (TPSA) is 66.4 Å². The Hall–Kier alpha value is -1.56. The van der Waals surface area contributed by atoms with Crippen LogP contribution in [0.5, 0.6) is 0 Å². The number of carbonyl (C=O) groups excluding carboxylic acids is 1. The highest BCUT2D eigenvalue weighted by Gasteiger charge is 2.20. The molecule has 4 nitrogen and oxygen atoms in total. The number of hydrogen-bond donors (Lipinski definition) is 2. The minimum Gasteiger partial charge on any atom is -0.478 e. The van der Waals surface area contributed by atoms with E-state index in [9.17, 15) is 14.7 Å². The third-order valence-electron chi connectivity index (χ3n) is 2.66. The number of thiophene rings is 1. The first-order valence-corrected chi connectivity index (χ1v) is 7.17. The third kappa shape index (κ3) is 2.80. The third-order valence-corrected chi connectivity index (χ3v) is 4.15. The van der Waals surface area contributed by atoms with Crippen molar-refractivity contribution < 1.29 is 14.7 Å². The molecule has 7 heteroatoms. The van der Waals surface area contributed by atoms with E-state index in [2.05, 4.69) is 5.32 Å². The number of nitrogens with one attached hydrogen (secondary N) is 1. The molecule has 0 spiro atoms. The van der Waals surface area contributed by atoms with Crippen molar-refractivity contribution in [2.45, 2.75) is 6.92 Å². The molecule has 2 N–H and O–H groups in total. The van der Waals surface area contributed by atoms with Crippen molar-refractivity contribution >= 4 is 52.1 Å². The van der Waals surface area contributed by atoms with Gasteiger partial charge in [0.25, 0.3) is 5.91 Å². The van der Waals surface area contributed by atoms with E-state index in [1.165, 1.54) is 23.5 Å². The predicted octanol–water partition coefficient (Wildman–Crippen LogP) is 4.31. The van der Waals surface area contributed by atoms with Crippen LogP contribution in [0.1, 0.15) is 26.3 Å². The van der Waals surface area contributed by atoms with E-state index in [0.717, 1.165) is 5.56 Å². The van der Waals surface area contributed by atoms with Crippen LogP contribution < -0.4 is 5.32 Å². The number of rotatable bonds is 3. The highest BCUT2D eigenvalue weighted by atomic mass is 35.5. The number of anilines is 1. The average Bonchev–Trinajstić information content (AvgIpc) is 2.79. The molecule has 0 saturated carbocycles. The number of aromatic carboxylic acids is 1. The van der Waals surface area contributed by atoms with Crippen LogP contribution in [0, 0.1) is 6.92 Å². The summed E-state index contributed by atoms with van der Waals surface area (Å²) in [5.41, 5.74) is 1.06. The maximum atomic E-state index is 12.1. The van der Waals surface area contributed by atoms with Gasteiger partial charge in [0.1, 0.15) is 5.56 Å². The van der Waals surface area contributed by atoms with Crippen LogP contribution in [-0.2, 0) is 0 Å². The summed E-state index contributed by atoms with van der Waals surface area (Å²) in [6.45, 7) is 1.79. The lowest BCUT2D eigenvalue weighted by Crippen LogP contribution is -2.15. The molecule has 0 fully saturated rings. The lowest BCUT2D eigenvalue weighted by atomic mass is 10.1. The number of carboxylic acids is 1. The second-order valence-electron chi connectivity index (χ2n) is 4.01. The fourth-order valence-corrected chi connectivity index (χ4v) is 2.93. The normalized spacial score (nSPS) is 10.3. The van der Waals surface area contributed by atoms with Gasteiger partial charge in [-0.2, -0.15) is 11.3 Å². The molecule has 20 heavy (non-hydrogen) atoms. The lowest BCUT2D eigenvalue weighted by molar-refractivity contribution is 0.0698. The van der Waals surface area contributed by atoms with Crippen LogP contribution in [-0.4, -0.2) is 17.0 Å². The van der Waals surface area contributed by atoms with Gasteiger partial charge in [0.15, 0.2) is 0 Å². The Bertz CT molecular complexity index is 697. The molecule has 0 radical (unpaired) electrons. The van der Waals surface area contributed by atoms with Crippen molar-refractivity contribution in [1.82, 2.24) is 0 Å². The molecule has 1 aromatic heterocycles. The maximum Gasteiger partial charge on any atom is 0.339 e. The fraction of sp³-hybridized carbons (Fsp3) is 0.0769. The smallest absolute Gasteiger partial charge is 0.339 e. The van der Waals surface area contributed by atoms with Crippen LogP contribution in [0.2, 0.25) is 10.0 Å². The number of hydrogen-bond acceptors (Lipinski definition) is 3. The molecule has 0 aliphatic rings. The van der Waals surface area contributed by atoms with Crippen molar-refractivity contribution in [3.63, 3.8) is 0 Å². The summed E-state index contributed by atoms with van der Waals surface area (Å²) in [4.78, 5) is 23.4. The van der Waals surface area contributed by atoms with Crippen LogP contribution >= 0.6 is 34.5 Å². The van der Waals surface area contributed by atoms with Crippen molar-refractivity contribution in [3.05, 3.63) is 49.6 Å². The lowest BCUT2D eigenvalue weighted by Gasteiger charge is -2.11. The summed E-state index contributed by atoms with van der Waals surface area (Å²) in [5.74, 6) is -1.68. The van der Waals surface area contributed by atoms with Gasteiger partial charge in [-0.3, -0.25) is 4.79 Å². The SMILES string of the molecule is Cc1cscc1C(=O)Nc1c(Cl)ccc(Cl)c1C(=O)O. The summed E-state index contributed by atoms with van der Waals surface area (Å²) < 4.78 is 0. The van der Waals surface area contributed by atoms with E-state index in [1.807, 2.05) is 5.38 Å². The Labute approximate surface area is 128 Å². The van der Waals surface area contributed by atoms with Gasteiger partial charge in [0, 0.05) is 5.38 Å². The average molecular weight is 330 g/mol. The van der Waals surface area contributed by atoms with Crippen molar-refractivity contribution in [1.29, 1.82) is 0 Å². The van der Waals surface area contributed by atoms with E-state index >= 15 is 0 Å². The Morgan fingerprint density at radius 1 is 1.20 bits per heavy atom. The van der Waals surface area contributed by atoms with Crippen molar-refractivity contribution in [2.24, 2.45) is 0 Å². The molecule has 0 atom stereocenters. The second-order valence-corrected chi connectivity index (χ2v) is 5.56. The van der Waals surface area contributed by atoms with Gasteiger partial charge in [-0.1, -0.05) is 23.2 Å². The Morgan fingerprint density at radius 3 is 2.40 bits per heavy atom. The quantitative estimate of drug-likeness (QED) is 0.881. The van der Waals surface area contributed by atoms with Crippen molar-refractivity contribution in [3.8, 4) is 0 Å². The largest absolute Gasteiger partial charge is 0.478 e. The maximum absolute atomic E-state index is 12.1. The first-order valence-electron chi connectivity index (χ1n) is 5.47. The first kappa shape index (κ1) is 14.8. The van der Waals surface area contributed by atoms with Gasteiger partial charge >= 0.3 is 5.97 Å². The number of carboxylic acid groups (broad SMARTS) is 1. The molecule has 0 bridgehead atoms. The number of amides is 1. The summed E-state index contributed by atoms with van der Waals surface area (Å²) >= 11 is 13.2. The highest BCUT2D eigenvalue weighted by molar-refractivity contribution is 7.08. The number of aryl methyl sites for hydroxylation is 1. The Kier molecular flexibility index (Phi) is 4.32. The van der Waals surface area contributed by atoms with E-state index < -0.39 is 11.9 Å². The molecule has 0 aliphatic carbocycles. The molecule has 2 rings (SSSR count). The molecular formula is C13H9Cl2NO3S. The zero-order chi connectivity index (χ0) is 14.9. The minimum atomic E-state index is -1.25. The molecule has 0 aliphatic heterocycles.